The molecule has 0 fully saturated rings. The topological polar surface area (TPSA) is 157 Å². The van der Waals surface area contributed by atoms with Gasteiger partial charge in [-0.2, -0.15) is 9.21 Å². The molecule has 3 atom stereocenters. The number of aliphatic hydroxyl groups excluding tert-OH is 1. The van der Waals surface area contributed by atoms with E-state index in [-0.39, 0.29) is 43.4 Å². The van der Waals surface area contributed by atoms with Gasteiger partial charge in [0.1, 0.15) is 12.6 Å². The van der Waals surface area contributed by atoms with Crippen LogP contribution in [-0.2, 0) is 34.3 Å². The Morgan fingerprint density at radius 3 is 1.89 bits per heavy atom. The second kappa shape index (κ2) is 17.0. The first-order chi connectivity index (χ1) is 21.8. The Morgan fingerprint density at radius 1 is 0.826 bits per heavy atom. The number of nitrogens with zero attached hydrogens (tertiary/aromatic N) is 3. The minimum absolute atomic E-state index is 0.00322. The molecule has 3 aromatic carbocycles. The lowest BCUT2D eigenvalue weighted by atomic mass is 9.97. The van der Waals surface area contributed by atoms with Crippen molar-refractivity contribution in [1.82, 2.24) is 14.5 Å². The lowest BCUT2D eigenvalue weighted by Gasteiger charge is -2.35. The number of hydrogen-bond acceptors (Lipinski definition) is 7. The Morgan fingerprint density at radius 2 is 1.39 bits per heavy atom. The van der Waals surface area contributed by atoms with Crippen molar-refractivity contribution in [1.29, 1.82) is 0 Å². The molecule has 12 heteroatoms. The summed E-state index contributed by atoms with van der Waals surface area (Å²) < 4.78 is 28.8. The molecule has 0 saturated carbocycles. The van der Waals surface area contributed by atoms with Crippen LogP contribution in [0.3, 0.4) is 0 Å². The second-order valence-electron chi connectivity index (χ2n) is 12.1. The van der Waals surface area contributed by atoms with Gasteiger partial charge in [0, 0.05) is 19.6 Å². The van der Waals surface area contributed by atoms with Crippen molar-refractivity contribution in [3.63, 3.8) is 0 Å². The standard InChI is InChI=1S/C34H44N4O7S/c1-24(2)21-37(46(44,45)29-17-15-27(16-18-29)20-35-43)23-31(39)30(19-26-11-7-5-8-12-26)36-33(40)32(25(3)4)38(34(41)42)22-28-13-9-6-10-14-28/h5-18,24-25,30-32,39H,19-23H2,1-4H3,(H,36,40)(H,41,42)/t30-,31+,32-/m0/s1. The number of rotatable bonds is 17. The van der Waals surface area contributed by atoms with E-state index in [0.717, 1.165) is 10.5 Å². The second-order valence-corrected chi connectivity index (χ2v) is 14.0. The third-order valence-electron chi connectivity index (χ3n) is 7.54. The van der Waals surface area contributed by atoms with Gasteiger partial charge in [0.15, 0.2) is 0 Å². The van der Waals surface area contributed by atoms with Crippen molar-refractivity contribution in [3.8, 4) is 0 Å². The normalized spacial score (nSPS) is 13.7. The van der Waals surface area contributed by atoms with Crippen LogP contribution >= 0.6 is 0 Å². The summed E-state index contributed by atoms with van der Waals surface area (Å²) in [5, 5.41) is 27.5. The van der Waals surface area contributed by atoms with Gasteiger partial charge in [-0.3, -0.25) is 9.69 Å². The number of carbonyl (C=O) groups is 2. The number of carboxylic acid groups (broad SMARTS) is 1. The molecule has 11 nitrogen and oxygen atoms in total. The van der Waals surface area contributed by atoms with Gasteiger partial charge in [0.2, 0.25) is 15.9 Å². The smallest absolute Gasteiger partial charge is 0.408 e. The number of sulfonamides is 1. The summed E-state index contributed by atoms with van der Waals surface area (Å²) in [7, 11) is -4.08. The van der Waals surface area contributed by atoms with Crippen molar-refractivity contribution in [2.45, 2.75) is 70.3 Å². The van der Waals surface area contributed by atoms with Crippen LogP contribution in [0.2, 0.25) is 0 Å². The number of hydrogen-bond donors (Lipinski definition) is 3. The molecule has 0 aliphatic carbocycles. The van der Waals surface area contributed by atoms with Crippen LogP contribution in [0.25, 0.3) is 0 Å². The van der Waals surface area contributed by atoms with E-state index in [9.17, 15) is 33.1 Å². The van der Waals surface area contributed by atoms with E-state index >= 15 is 0 Å². The minimum Gasteiger partial charge on any atom is -0.465 e. The van der Waals surface area contributed by atoms with Crippen molar-refractivity contribution >= 4 is 22.0 Å². The Kier molecular flexibility index (Phi) is 13.4. The van der Waals surface area contributed by atoms with E-state index in [1.165, 1.54) is 28.6 Å². The molecule has 46 heavy (non-hydrogen) atoms. The zero-order valence-corrected chi connectivity index (χ0v) is 27.5. The summed E-state index contributed by atoms with van der Waals surface area (Å²) in [6, 6.07) is 21.9. The summed E-state index contributed by atoms with van der Waals surface area (Å²) in [6.07, 6.45) is -2.44. The molecule has 3 rings (SSSR count). The van der Waals surface area contributed by atoms with Crippen molar-refractivity contribution in [3.05, 3.63) is 107 Å². The van der Waals surface area contributed by atoms with E-state index < -0.39 is 46.1 Å². The van der Waals surface area contributed by atoms with Crippen LogP contribution in [-0.4, -0.2) is 71.1 Å². The highest BCUT2D eigenvalue weighted by atomic mass is 32.2. The van der Waals surface area contributed by atoms with E-state index in [1.807, 2.05) is 50.2 Å². The molecule has 0 spiro atoms. The largest absolute Gasteiger partial charge is 0.465 e. The molecule has 2 amide bonds. The molecule has 0 heterocycles. The van der Waals surface area contributed by atoms with Crippen LogP contribution in [0.15, 0.2) is 95.0 Å². The highest BCUT2D eigenvalue weighted by molar-refractivity contribution is 7.89. The molecule has 0 aliphatic heterocycles. The summed E-state index contributed by atoms with van der Waals surface area (Å²) in [4.78, 5) is 38.0. The van der Waals surface area contributed by atoms with Gasteiger partial charge in [0.25, 0.3) is 0 Å². The number of nitroso groups, excluding NO2 is 1. The molecule has 3 aromatic rings. The molecule has 3 N–H and O–H groups in total. The summed E-state index contributed by atoms with van der Waals surface area (Å²) in [5.41, 5.74) is 2.08. The van der Waals surface area contributed by atoms with E-state index in [1.54, 1.807) is 38.1 Å². The Balaban J connectivity index is 1.93. The quantitative estimate of drug-likeness (QED) is 0.175. The Labute approximate surface area is 271 Å². The first-order valence-electron chi connectivity index (χ1n) is 15.3. The zero-order chi connectivity index (χ0) is 33.9. The SMILES string of the molecule is CC(C)CN(C[C@@H](O)[C@H](Cc1ccccc1)NC(=O)[C@H](C(C)C)N(Cc1ccccc1)C(=O)O)S(=O)(=O)c1ccc(CN=O)cc1. The number of benzene rings is 3. The maximum absolute atomic E-state index is 13.9. The average Bonchev–Trinajstić information content (AvgIpc) is 3.01. The fraction of sp³-hybridized carbons (Fsp3) is 0.412. The van der Waals surface area contributed by atoms with Crippen molar-refractivity contribution < 1.29 is 28.2 Å². The third kappa shape index (κ3) is 10.2. The molecule has 0 unspecified atom stereocenters. The lowest BCUT2D eigenvalue weighted by Crippen LogP contribution is -2.57. The van der Waals surface area contributed by atoms with Gasteiger partial charge in [-0.25, -0.2) is 13.2 Å². The first-order valence-corrected chi connectivity index (χ1v) is 16.7. The monoisotopic (exact) mass is 652 g/mol. The molecule has 0 aromatic heterocycles. The van der Waals surface area contributed by atoms with Gasteiger partial charge in [0.05, 0.1) is 17.0 Å². The summed E-state index contributed by atoms with van der Waals surface area (Å²) in [6.45, 7) is 6.89. The molecular formula is C34H44N4O7S. The molecule has 0 bridgehead atoms. The van der Waals surface area contributed by atoms with Crippen LogP contribution in [0, 0.1) is 16.7 Å². The van der Waals surface area contributed by atoms with Crippen LogP contribution in [0.5, 0.6) is 0 Å². The molecular weight excluding hydrogens is 608 g/mol. The number of carbonyl (C=O) groups excluding carboxylic acids is 1. The van der Waals surface area contributed by atoms with Crippen molar-refractivity contribution in [2.24, 2.45) is 17.0 Å². The fourth-order valence-corrected chi connectivity index (χ4v) is 6.91. The van der Waals surface area contributed by atoms with Crippen LogP contribution < -0.4 is 5.32 Å². The highest BCUT2D eigenvalue weighted by Gasteiger charge is 2.36. The minimum atomic E-state index is -4.08. The molecule has 248 valence electrons. The first kappa shape index (κ1) is 36.3. The molecule has 0 aliphatic rings. The number of amides is 2. The number of aliphatic hydroxyl groups is 1. The van der Waals surface area contributed by atoms with Gasteiger partial charge < -0.3 is 15.5 Å². The predicted octanol–water partition coefficient (Wildman–Crippen LogP) is 4.89. The molecule has 0 radical (unpaired) electrons. The van der Waals surface area contributed by atoms with Crippen molar-refractivity contribution in [2.75, 3.05) is 13.1 Å². The zero-order valence-electron chi connectivity index (χ0n) is 26.7. The maximum Gasteiger partial charge on any atom is 0.408 e. The Hall–Kier alpha value is -4.13. The van der Waals surface area contributed by atoms with E-state index in [0.29, 0.717) is 11.1 Å². The summed E-state index contributed by atoms with van der Waals surface area (Å²) in [5.74, 6) is -1.09. The van der Waals surface area contributed by atoms with Gasteiger partial charge in [-0.15, -0.1) is 0 Å². The van der Waals surface area contributed by atoms with E-state index in [4.69, 9.17) is 0 Å². The predicted molar refractivity (Wildman–Crippen MR) is 176 cm³/mol. The highest BCUT2D eigenvalue weighted by Crippen LogP contribution is 2.21. The third-order valence-corrected chi connectivity index (χ3v) is 9.38. The summed E-state index contributed by atoms with van der Waals surface area (Å²) >= 11 is 0. The molecule has 0 saturated heterocycles. The Bertz CT molecular complexity index is 1520. The van der Waals surface area contributed by atoms with E-state index in [2.05, 4.69) is 10.5 Å². The van der Waals surface area contributed by atoms with Crippen LogP contribution in [0.1, 0.15) is 44.4 Å². The lowest BCUT2D eigenvalue weighted by molar-refractivity contribution is -0.129. The fourth-order valence-electron chi connectivity index (χ4n) is 5.29. The average molecular weight is 653 g/mol. The van der Waals surface area contributed by atoms with Crippen LogP contribution in [0.4, 0.5) is 4.79 Å². The number of nitrogens with one attached hydrogen (secondary N) is 1. The maximum atomic E-state index is 13.9. The van der Waals surface area contributed by atoms with Gasteiger partial charge in [-0.1, -0.05) is 106 Å². The van der Waals surface area contributed by atoms with Gasteiger partial charge in [-0.05, 0) is 47.1 Å². The van der Waals surface area contributed by atoms with Gasteiger partial charge >= 0.3 is 6.09 Å².